The molecule has 0 spiro atoms. The summed E-state index contributed by atoms with van der Waals surface area (Å²) in [5.74, 6) is -2.26. The molecule has 2 unspecified atom stereocenters. The Labute approximate surface area is 490 Å². The van der Waals surface area contributed by atoms with Crippen LogP contribution in [0.1, 0.15) is 335 Å². The average molecular weight is 1110 g/mol. The molecule has 0 amide bonds. The van der Waals surface area contributed by atoms with Gasteiger partial charge < -0.3 is 33.3 Å². The zero-order chi connectivity index (χ0) is 57.6. The van der Waals surface area contributed by atoms with Gasteiger partial charge in [0.25, 0.3) is 0 Å². The molecule has 9 heteroatoms. The van der Waals surface area contributed by atoms with Gasteiger partial charge in [0.2, 0.25) is 0 Å². The van der Waals surface area contributed by atoms with Gasteiger partial charge in [0.1, 0.15) is 13.2 Å². The maximum atomic E-state index is 12.9. The van der Waals surface area contributed by atoms with Crippen LogP contribution in [0.5, 0.6) is 0 Å². The van der Waals surface area contributed by atoms with E-state index >= 15 is 0 Å². The Bertz CT molecular complexity index is 1390. The highest BCUT2D eigenvalue weighted by Crippen LogP contribution is 2.18. The summed E-state index contributed by atoms with van der Waals surface area (Å²) in [6.45, 7) is 4.80. The van der Waals surface area contributed by atoms with E-state index in [0.717, 1.165) is 38.5 Å². The number of nitrogens with zero attached hydrogens (tertiary/aromatic N) is 1. The molecule has 0 aliphatic rings. The molecule has 0 heterocycles. The number of likely N-dealkylation sites (N-methyl/N-ethyl adjacent to an activating group) is 1. The van der Waals surface area contributed by atoms with E-state index < -0.39 is 24.3 Å². The van der Waals surface area contributed by atoms with Crippen LogP contribution in [-0.2, 0) is 33.3 Å². The number of ether oxygens (including phenoxy) is 4. The molecule has 0 aromatic heterocycles. The minimum absolute atomic E-state index is 0.150. The second-order valence-corrected chi connectivity index (χ2v) is 24.5. The van der Waals surface area contributed by atoms with Crippen LogP contribution in [0.15, 0.2) is 36.5 Å². The molecule has 0 rings (SSSR count). The third kappa shape index (κ3) is 63.0. The number of allylic oxidation sites excluding steroid dienone is 6. The second-order valence-electron chi connectivity index (χ2n) is 24.5. The molecule has 0 aromatic carbocycles. The number of hydrogen-bond donors (Lipinski definition) is 0. The third-order valence-corrected chi connectivity index (χ3v) is 15.4. The number of carbonyl (C=O) groups excluding carboxylic acids is 3. The first-order chi connectivity index (χ1) is 38.6. The molecule has 0 bridgehead atoms. The van der Waals surface area contributed by atoms with Crippen molar-refractivity contribution in [3.05, 3.63) is 36.5 Å². The zero-order valence-corrected chi connectivity index (χ0v) is 53.0. The van der Waals surface area contributed by atoms with E-state index in [0.29, 0.717) is 23.9 Å². The van der Waals surface area contributed by atoms with Crippen LogP contribution in [0.2, 0.25) is 0 Å². The van der Waals surface area contributed by atoms with Gasteiger partial charge in [0.05, 0.1) is 40.3 Å². The van der Waals surface area contributed by atoms with E-state index in [9.17, 15) is 19.5 Å². The molecule has 0 saturated carbocycles. The van der Waals surface area contributed by atoms with Gasteiger partial charge in [-0.05, 0) is 70.6 Å². The van der Waals surface area contributed by atoms with Crippen molar-refractivity contribution in [2.45, 2.75) is 347 Å². The van der Waals surface area contributed by atoms with Crippen molar-refractivity contribution < 1.29 is 42.9 Å². The Hall–Kier alpha value is -2.49. The molecule has 0 saturated heterocycles. The fraction of sp³-hybridized carbons (Fsp3) is 0.871. The predicted octanol–water partition coefficient (Wildman–Crippen LogP) is 19.5. The lowest BCUT2D eigenvalue weighted by Gasteiger charge is -2.26. The van der Waals surface area contributed by atoms with Crippen LogP contribution in [0.4, 0.5) is 0 Å². The average Bonchev–Trinajstić information content (AvgIpc) is 3.42. The third-order valence-electron chi connectivity index (χ3n) is 15.4. The molecular formula is C70H131NO8. The Morgan fingerprint density at radius 3 is 1.01 bits per heavy atom. The summed E-state index contributed by atoms with van der Waals surface area (Å²) in [6, 6.07) is 0. The van der Waals surface area contributed by atoms with Crippen molar-refractivity contribution in [2.24, 2.45) is 0 Å². The molecule has 0 fully saturated rings. The van der Waals surface area contributed by atoms with E-state index in [2.05, 4.69) is 50.3 Å². The first-order valence-corrected chi connectivity index (χ1v) is 34.1. The van der Waals surface area contributed by atoms with Gasteiger partial charge in [0, 0.05) is 12.8 Å². The Morgan fingerprint density at radius 2 is 0.684 bits per heavy atom. The Morgan fingerprint density at radius 1 is 0.380 bits per heavy atom. The summed E-state index contributed by atoms with van der Waals surface area (Å²) in [4.78, 5) is 37.5. The van der Waals surface area contributed by atoms with Gasteiger partial charge >= 0.3 is 11.9 Å². The van der Waals surface area contributed by atoms with Crippen LogP contribution in [0.3, 0.4) is 0 Å². The van der Waals surface area contributed by atoms with E-state index in [4.69, 9.17) is 18.9 Å². The molecule has 0 aliphatic heterocycles. The number of unbranched alkanes of at least 4 members (excludes halogenated alkanes) is 43. The molecule has 0 aliphatic carbocycles. The SMILES string of the molecule is CCCCCCC/C=C\C/C=C\CCCCCCCCCCCCCCCCCCCC(=O)OC(COC(=O)CCCCCCCCCCCCCCC/C=C\CCCCCCCCCC)COC(OCC[N+](C)(C)C)C(=O)[O-]. The summed E-state index contributed by atoms with van der Waals surface area (Å²) in [7, 11) is 5.94. The number of quaternary nitrogens is 1. The number of rotatable bonds is 64. The van der Waals surface area contributed by atoms with Gasteiger partial charge in [-0.25, -0.2) is 0 Å². The Kier molecular flexibility index (Phi) is 59.6. The predicted molar refractivity (Wildman–Crippen MR) is 334 cm³/mol. The lowest BCUT2D eigenvalue weighted by Crippen LogP contribution is -2.44. The smallest absolute Gasteiger partial charge is 0.306 e. The quantitative estimate of drug-likeness (QED) is 0.0195. The number of carboxylic acids is 1. The molecule has 0 N–H and O–H groups in total. The highest BCUT2D eigenvalue weighted by molar-refractivity contribution is 5.70. The molecule has 0 radical (unpaired) electrons. The standard InChI is InChI=1S/C70H131NO8/c1-6-8-10-12-14-16-18-20-22-24-26-28-30-32-33-34-35-37-39-41-43-45-47-49-51-53-55-57-59-61-68(73)79-66(65-78-70(69(74)75)76-63-62-71(3,4)5)64-77-67(72)60-58-56-54-52-50-48-46-44-42-40-38-36-31-29-27-25-23-21-19-17-15-13-11-9-7-2/h18,20,24-27,66,70H,6-17,19,21-23,28-65H2,1-5H3/b20-18-,26-24-,27-25-. The van der Waals surface area contributed by atoms with Crippen molar-refractivity contribution in [1.82, 2.24) is 0 Å². The van der Waals surface area contributed by atoms with Crippen molar-refractivity contribution in [3.63, 3.8) is 0 Å². The van der Waals surface area contributed by atoms with Gasteiger partial charge in [0.15, 0.2) is 12.4 Å². The maximum Gasteiger partial charge on any atom is 0.306 e. The minimum atomic E-state index is -1.62. The van der Waals surface area contributed by atoms with Crippen molar-refractivity contribution in [3.8, 4) is 0 Å². The fourth-order valence-electron chi connectivity index (χ4n) is 10.1. The summed E-state index contributed by atoms with van der Waals surface area (Å²) in [5.41, 5.74) is 0. The monoisotopic (exact) mass is 1110 g/mol. The minimum Gasteiger partial charge on any atom is -0.545 e. The summed E-state index contributed by atoms with van der Waals surface area (Å²) in [6.07, 6.45) is 73.6. The van der Waals surface area contributed by atoms with Crippen LogP contribution in [-0.4, -0.2) is 82.3 Å². The van der Waals surface area contributed by atoms with Gasteiger partial charge in [-0.1, -0.05) is 288 Å². The van der Waals surface area contributed by atoms with E-state index in [-0.39, 0.29) is 32.2 Å². The van der Waals surface area contributed by atoms with Gasteiger partial charge in [-0.15, -0.1) is 0 Å². The number of hydrogen-bond acceptors (Lipinski definition) is 8. The van der Waals surface area contributed by atoms with E-state index in [1.54, 1.807) is 0 Å². The highest BCUT2D eigenvalue weighted by atomic mass is 16.7. The van der Waals surface area contributed by atoms with Crippen LogP contribution in [0.25, 0.3) is 0 Å². The zero-order valence-electron chi connectivity index (χ0n) is 53.0. The molecule has 2 atom stereocenters. The topological polar surface area (TPSA) is 111 Å². The van der Waals surface area contributed by atoms with Crippen LogP contribution >= 0.6 is 0 Å². The number of aliphatic carboxylic acids is 1. The van der Waals surface area contributed by atoms with Crippen molar-refractivity contribution >= 4 is 17.9 Å². The molecule has 464 valence electrons. The van der Waals surface area contributed by atoms with E-state index in [1.165, 1.54) is 263 Å². The summed E-state index contributed by atoms with van der Waals surface area (Å²) < 4.78 is 22.8. The first-order valence-electron chi connectivity index (χ1n) is 34.1. The molecule has 9 nitrogen and oxygen atoms in total. The molecule has 79 heavy (non-hydrogen) atoms. The largest absolute Gasteiger partial charge is 0.545 e. The lowest BCUT2D eigenvalue weighted by molar-refractivity contribution is -0.870. The lowest BCUT2D eigenvalue weighted by atomic mass is 10.0. The highest BCUT2D eigenvalue weighted by Gasteiger charge is 2.22. The van der Waals surface area contributed by atoms with Crippen LogP contribution in [0, 0.1) is 0 Å². The number of carboxylic acid groups (broad SMARTS) is 1. The second kappa shape index (κ2) is 61.6. The fourth-order valence-corrected chi connectivity index (χ4v) is 10.1. The first kappa shape index (κ1) is 76.5. The normalized spacial score (nSPS) is 12.9. The maximum absolute atomic E-state index is 12.9. The Balaban J connectivity index is 4.10. The van der Waals surface area contributed by atoms with E-state index in [1.807, 2.05) is 21.1 Å². The summed E-state index contributed by atoms with van der Waals surface area (Å²) >= 11 is 0. The van der Waals surface area contributed by atoms with Gasteiger partial charge in [-0.3, -0.25) is 9.59 Å². The molecular weight excluding hydrogens is 983 g/mol. The van der Waals surface area contributed by atoms with Crippen LogP contribution < -0.4 is 5.11 Å². The number of esters is 2. The number of carbonyl (C=O) groups is 3. The van der Waals surface area contributed by atoms with Crippen molar-refractivity contribution in [2.75, 3.05) is 47.5 Å². The molecule has 0 aromatic rings. The summed E-state index contributed by atoms with van der Waals surface area (Å²) in [5, 5.41) is 11.8. The van der Waals surface area contributed by atoms with Crippen molar-refractivity contribution in [1.29, 1.82) is 0 Å². The van der Waals surface area contributed by atoms with Gasteiger partial charge in [-0.2, -0.15) is 0 Å².